The topological polar surface area (TPSA) is 38.3 Å². The molecule has 1 unspecified atom stereocenters. The van der Waals surface area contributed by atoms with Crippen LogP contribution in [0.2, 0.25) is 5.02 Å². The third-order valence-electron chi connectivity index (χ3n) is 2.74. The van der Waals surface area contributed by atoms with E-state index in [-0.39, 0.29) is 18.6 Å². The van der Waals surface area contributed by atoms with E-state index in [1.807, 2.05) is 0 Å². The Kier molecular flexibility index (Phi) is 7.03. The van der Waals surface area contributed by atoms with Gasteiger partial charge in [0.1, 0.15) is 5.75 Å². The van der Waals surface area contributed by atoms with Gasteiger partial charge in [0, 0.05) is 16.9 Å². The van der Waals surface area contributed by atoms with Crippen molar-refractivity contribution in [3.63, 3.8) is 0 Å². The van der Waals surface area contributed by atoms with Crippen LogP contribution in [0.3, 0.4) is 0 Å². The smallest absolute Gasteiger partial charge is 0.258 e. The highest BCUT2D eigenvalue weighted by molar-refractivity contribution is 6.30. The van der Waals surface area contributed by atoms with Gasteiger partial charge in [-0.2, -0.15) is 0 Å². The van der Waals surface area contributed by atoms with Gasteiger partial charge in [-0.25, -0.2) is 0 Å². The summed E-state index contributed by atoms with van der Waals surface area (Å²) >= 11 is 11.5. The van der Waals surface area contributed by atoms with Gasteiger partial charge in [-0.15, -0.1) is 11.6 Å². The van der Waals surface area contributed by atoms with Crippen LogP contribution in [0, 0.1) is 5.92 Å². The molecule has 0 heterocycles. The molecule has 1 atom stereocenters. The Labute approximate surface area is 124 Å². The van der Waals surface area contributed by atoms with Crippen LogP contribution in [-0.4, -0.2) is 24.4 Å². The molecule has 3 nitrogen and oxygen atoms in total. The zero-order chi connectivity index (χ0) is 14.3. The summed E-state index contributed by atoms with van der Waals surface area (Å²) in [5.74, 6) is 1.30. The summed E-state index contributed by atoms with van der Waals surface area (Å²) in [5.41, 5.74) is 0. The second-order valence-corrected chi connectivity index (χ2v) is 5.46. The van der Waals surface area contributed by atoms with Crippen molar-refractivity contribution >= 4 is 29.1 Å². The van der Waals surface area contributed by atoms with E-state index >= 15 is 0 Å². The quantitative estimate of drug-likeness (QED) is 0.783. The Bertz CT molecular complexity index is 410. The molecule has 0 bridgehead atoms. The molecule has 0 saturated heterocycles. The maximum Gasteiger partial charge on any atom is 0.258 e. The zero-order valence-corrected chi connectivity index (χ0v) is 12.7. The van der Waals surface area contributed by atoms with E-state index in [2.05, 4.69) is 19.2 Å². The van der Waals surface area contributed by atoms with E-state index in [4.69, 9.17) is 27.9 Å². The first-order valence-corrected chi connectivity index (χ1v) is 7.18. The monoisotopic (exact) mass is 303 g/mol. The number of carbonyl (C=O) groups is 1. The minimum absolute atomic E-state index is 0.0220. The summed E-state index contributed by atoms with van der Waals surface area (Å²) in [6.45, 7) is 4.08. The fourth-order valence-corrected chi connectivity index (χ4v) is 2.06. The Hall–Kier alpha value is -0.930. The fourth-order valence-electron chi connectivity index (χ4n) is 1.64. The van der Waals surface area contributed by atoms with Crippen LogP contribution in [0.4, 0.5) is 0 Å². The highest BCUT2D eigenvalue weighted by Gasteiger charge is 2.15. The third kappa shape index (κ3) is 6.17. The number of benzene rings is 1. The van der Waals surface area contributed by atoms with Crippen molar-refractivity contribution in [1.82, 2.24) is 5.32 Å². The average molecular weight is 304 g/mol. The molecule has 0 fully saturated rings. The van der Waals surface area contributed by atoms with Crippen molar-refractivity contribution < 1.29 is 9.53 Å². The van der Waals surface area contributed by atoms with Gasteiger partial charge >= 0.3 is 0 Å². The Morgan fingerprint density at radius 1 is 1.42 bits per heavy atom. The molecule has 1 amide bonds. The lowest BCUT2D eigenvalue weighted by Gasteiger charge is -2.21. The van der Waals surface area contributed by atoms with E-state index in [9.17, 15) is 4.79 Å². The average Bonchev–Trinajstić information content (AvgIpc) is 2.36. The van der Waals surface area contributed by atoms with E-state index in [1.54, 1.807) is 24.3 Å². The van der Waals surface area contributed by atoms with Crippen LogP contribution in [0.1, 0.15) is 20.3 Å². The van der Waals surface area contributed by atoms with Crippen molar-refractivity contribution in [1.29, 1.82) is 0 Å². The van der Waals surface area contributed by atoms with Crippen LogP contribution in [0.5, 0.6) is 5.75 Å². The summed E-state index contributed by atoms with van der Waals surface area (Å²) in [4.78, 5) is 11.8. The molecule has 19 heavy (non-hydrogen) atoms. The summed E-state index contributed by atoms with van der Waals surface area (Å²) in [6.07, 6.45) is 0.752. The molecule has 5 heteroatoms. The van der Waals surface area contributed by atoms with Gasteiger partial charge in [-0.05, 0) is 30.5 Å². The summed E-state index contributed by atoms with van der Waals surface area (Å²) in [5, 5.41) is 3.50. The molecular weight excluding hydrogens is 285 g/mol. The van der Waals surface area contributed by atoms with Crippen LogP contribution < -0.4 is 10.1 Å². The van der Waals surface area contributed by atoms with Crippen LogP contribution >= 0.6 is 23.2 Å². The van der Waals surface area contributed by atoms with Crippen molar-refractivity contribution in [2.75, 3.05) is 12.5 Å². The van der Waals surface area contributed by atoms with Gasteiger partial charge in [-0.3, -0.25) is 4.79 Å². The second kappa shape index (κ2) is 8.28. The molecule has 0 aromatic heterocycles. The molecule has 0 aliphatic heterocycles. The molecule has 1 aromatic rings. The van der Waals surface area contributed by atoms with Gasteiger partial charge in [0.2, 0.25) is 0 Å². The molecule has 0 aliphatic rings. The molecule has 1 aromatic carbocycles. The largest absolute Gasteiger partial charge is 0.484 e. The molecule has 0 spiro atoms. The lowest BCUT2D eigenvalue weighted by Crippen LogP contribution is -2.41. The number of nitrogens with one attached hydrogen (secondary N) is 1. The number of halogens is 2. The Morgan fingerprint density at radius 3 is 2.74 bits per heavy atom. The number of hydrogen-bond acceptors (Lipinski definition) is 2. The van der Waals surface area contributed by atoms with Gasteiger partial charge < -0.3 is 10.1 Å². The Morgan fingerprint density at radius 2 is 2.16 bits per heavy atom. The number of amides is 1. The SMILES string of the molecule is CC(C)C(CCCl)NC(=O)COc1cccc(Cl)c1. The van der Waals surface area contributed by atoms with Crippen molar-refractivity contribution in [3.05, 3.63) is 29.3 Å². The number of hydrogen-bond donors (Lipinski definition) is 1. The van der Waals surface area contributed by atoms with E-state index in [0.717, 1.165) is 6.42 Å². The molecule has 1 rings (SSSR count). The fraction of sp³-hybridized carbons (Fsp3) is 0.500. The van der Waals surface area contributed by atoms with E-state index < -0.39 is 0 Å². The predicted octanol–water partition coefficient (Wildman–Crippen LogP) is 3.49. The molecule has 0 radical (unpaired) electrons. The van der Waals surface area contributed by atoms with Crippen molar-refractivity contribution in [2.24, 2.45) is 5.92 Å². The molecule has 106 valence electrons. The first-order valence-electron chi connectivity index (χ1n) is 6.26. The third-order valence-corrected chi connectivity index (χ3v) is 3.19. The molecule has 0 aliphatic carbocycles. The van der Waals surface area contributed by atoms with Crippen LogP contribution in [0.25, 0.3) is 0 Å². The van der Waals surface area contributed by atoms with E-state index in [0.29, 0.717) is 22.6 Å². The van der Waals surface area contributed by atoms with Crippen molar-refractivity contribution in [2.45, 2.75) is 26.3 Å². The highest BCUT2D eigenvalue weighted by atomic mass is 35.5. The van der Waals surface area contributed by atoms with Gasteiger partial charge in [0.15, 0.2) is 6.61 Å². The lowest BCUT2D eigenvalue weighted by molar-refractivity contribution is -0.124. The van der Waals surface area contributed by atoms with Gasteiger partial charge in [-0.1, -0.05) is 31.5 Å². The van der Waals surface area contributed by atoms with Gasteiger partial charge in [0.25, 0.3) is 5.91 Å². The molecular formula is C14H19Cl2NO2. The van der Waals surface area contributed by atoms with Crippen LogP contribution in [0.15, 0.2) is 24.3 Å². The lowest BCUT2D eigenvalue weighted by atomic mass is 10.0. The van der Waals surface area contributed by atoms with E-state index in [1.165, 1.54) is 0 Å². The van der Waals surface area contributed by atoms with Crippen molar-refractivity contribution in [3.8, 4) is 5.75 Å². The highest BCUT2D eigenvalue weighted by Crippen LogP contribution is 2.17. The zero-order valence-electron chi connectivity index (χ0n) is 11.2. The normalized spacial score (nSPS) is 12.3. The first-order chi connectivity index (χ1) is 9.02. The molecule has 0 saturated carbocycles. The summed E-state index contributed by atoms with van der Waals surface area (Å²) in [6, 6.07) is 7.04. The number of carbonyl (C=O) groups excluding carboxylic acids is 1. The number of ether oxygens (including phenoxy) is 1. The summed E-state index contributed by atoms with van der Waals surface area (Å²) < 4.78 is 5.38. The summed E-state index contributed by atoms with van der Waals surface area (Å²) in [7, 11) is 0. The van der Waals surface area contributed by atoms with Crippen LogP contribution in [-0.2, 0) is 4.79 Å². The Balaban J connectivity index is 2.42. The minimum Gasteiger partial charge on any atom is -0.484 e. The number of alkyl halides is 1. The minimum atomic E-state index is -0.149. The standard InChI is InChI=1S/C14H19Cl2NO2/c1-10(2)13(6-7-15)17-14(18)9-19-12-5-3-4-11(16)8-12/h3-5,8,10,13H,6-7,9H2,1-2H3,(H,17,18). The maximum absolute atomic E-state index is 11.8. The first kappa shape index (κ1) is 16.1. The number of rotatable bonds is 7. The predicted molar refractivity (Wildman–Crippen MR) is 79.1 cm³/mol. The maximum atomic E-state index is 11.8. The molecule has 1 N–H and O–H groups in total. The second-order valence-electron chi connectivity index (χ2n) is 4.64. The van der Waals surface area contributed by atoms with Gasteiger partial charge in [0.05, 0.1) is 0 Å².